The molecular weight excluding hydrogens is 339 g/mol. The summed E-state index contributed by atoms with van der Waals surface area (Å²) < 4.78 is 17.2. The number of hydrogen-bond donors (Lipinski definition) is 2. The zero-order valence-electron chi connectivity index (χ0n) is 13.6. The average Bonchev–Trinajstić information content (AvgIpc) is 3.26. The lowest BCUT2D eigenvalue weighted by Gasteiger charge is -2.08. The molecule has 0 spiro atoms. The van der Waals surface area contributed by atoms with E-state index in [0.29, 0.717) is 23.0 Å². The van der Waals surface area contributed by atoms with Crippen LogP contribution in [0.15, 0.2) is 55.0 Å². The monoisotopic (exact) mass is 358 g/mol. The van der Waals surface area contributed by atoms with Crippen molar-refractivity contribution >= 4 is 23.1 Å². The highest BCUT2D eigenvalue weighted by atomic mass is 32.1. The predicted molar refractivity (Wildman–Crippen MR) is 98.8 cm³/mol. The standard InChI is InChI=1S/C17H19FN6S/c18-15-6-2-1-5-14(15)13-24-12-7-16(22-24)21-17(25)19-8-3-10-23-11-4-9-20-23/h1-2,4-7,9,11-12H,3,8,10,13H2,(H2,19,21,22,25). The lowest BCUT2D eigenvalue weighted by atomic mass is 10.2. The molecule has 0 aliphatic rings. The summed E-state index contributed by atoms with van der Waals surface area (Å²) in [6, 6.07) is 10.4. The Labute approximate surface area is 150 Å². The van der Waals surface area contributed by atoms with Crippen LogP contribution in [0, 0.1) is 5.82 Å². The Morgan fingerprint density at radius 2 is 2.00 bits per heavy atom. The summed E-state index contributed by atoms with van der Waals surface area (Å²) in [5.74, 6) is 0.391. The molecule has 0 saturated carbocycles. The maximum Gasteiger partial charge on any atom is 0.171 e. The Morgan fingerprint density at radius 3 is 2.80 bits per heavy atom. The molecule has 130 valence electrons. The van der Waals surface area contributed by atoms with E-state index in [2.05, 4.69) is 20.8 Å². The topological polar surface area (TPSA) is 59.7 Å². The van der Waals surface area contributed by atoms with Crippen LogP contribution in [-0.4, -0.2) is 31.2 Å². The normalized spacial score (nSPS) is 10.6. The summed E-state index contributed by atoms with van der Waals surface area (Å²) in [4.78, 5) is 0. The smallest absolute Gasteiger partial charge is 0.171 e. The van der Waals surface area contributed by atoms with Crippen LogP contribution in [0.1, 0.15) is 12.0 Å². The van der Waals surface area contributed by atoms with Gasteiger partial charge in [0, 0.05) is 43.3 Å². The average molecular weight is 358 g/mol. The van der Waals surface area contributed by atoms with Gasteiger partial charge in [0.2, 0.25) is 0 Å². The van der Waals surface area contributed by atoms with Gasteiger partial charge in [-0.3, -0.25) is 9.36 Å². The highest BCUT2D eigenvalue weighted by molar-refractivity contribution is 7.80. The van der Waals surface area contributed by atoms with Gasteiger partial charge in [-0.2, -0.15) is 10.2 Å². The van der Waals surface area contributed by atoms with Crippen LogP contribution >= 0.6 is 12.2 Å². The van der Waals surface area contributed by atoms with E-state index in [1.165, 1.54) is 6.07 Å². The summed E-state index contributed by atoms with van der Waals surface area (Å²) in [7, 11) is 0. The van der Waals surface area contributed by atoms with Crippen LogP contribution in [0.5, 0.6) is 0 Å². The molecule has 0 radical (unpaired) electrons. The quantitative estimate of drug-likeness (QED) is 0.502. The molecule has 3 aromatic rings. The van der Waals surface area contributed by atoms with E-state index in [4.69, 9.17) is 12.2 Å². The third-order valence-electron chi connectivity index (χ3n) is 3.58. The van der Waals surface area contributed by atoms with Crippen molar-refractivity contribution in [3.05, 3.63) is 66.4 Å². The third-order valence-corrected chi connectivity index (χ3v) is 3.83. The number of halogens is 1. The van der Waals surface area contributed by atoms with Gasteiger partial charge in [-0.05, 0) is 30.8 Å². The number of anilines is 1. The molecule has 2 heterocycles. The molecule has 2 N–H and O–H groups in total. The molecule has 25 heavy (non-hydrogen) atoms. The van der Waals surface area contributed by atoms with Crippen molar-refractivity contribution in [1.29, 1.82) is 0 Å². The summed E-state index contributed by atoms with van der Waals surface area (Å²) >= 11 is 5.26. The Bertz CT molecular complexity index is 814. The maximum atomic E-state index is 13.7. The number of nitrogens with zero attached hydrogens (tertiary/aromatic N) is 4. The van der Waals surface area contributed by atoms with Crippen LogP contribution in [0.25, 0.3) is 0 Å². The number of hydrogen-bond acceptors (Lipinski definition) is 3. The van der Waals surface area contributed by atoms with E-state index in [1.807, 2.05) is 23.0 Å². The van der Waals surface area contributed by atoms with E-state index in [0.717, 1.165) is 19.5 Å². The SMILES string of the molecule is Fc1ccccc1Cn1ccc(NC(=S)NCCCn2cccn2)n1. The van der Waals surface area contributed by atoms with Crippen molar-refractivity contribution in [1.82, 2.24) is 24.9 Å². The second-order valence-corrected chi connectivity index (χ2v) is 5.90. The van der Waals surface area contributed by atoms with Gasteiger partial charge in [0.05, 0.1) is 6.54 Å². The molecule has 0 unspecified atom stereocenters. The molecule has 0 aliphatic carbocycles. The fourth-order valence-electron chi connectivity index (χ4n) is 2.35. The van der Waals surface area contributed by atoms with Crippen LogP contribution < -0.4 is 10.6 Å². The molecule has 0 amide bonds. The van der Waals surface area contributed by atoms with Crippen molar-refractivity contribution < 1.29 is 4.39 Å². The maximum absolute atomic E-state index is 13.7. The number of nitrogens with one attached hydrogen (secondary N) is 2. The van der Waals surface area contributed by atoms with Crippen LogP contribution in [0.3, 0.4) is 0 Å². The number of benzene rings is 1. The van der Waals surface area contributed by atoms with Crippen molar-refractivity contribution in [2.75, 3.05) is 11.9 Å². The number of thiocarbonyl (C=S) groups is 1. The van der Waals surface area contributed by atoms with E-state index >= 15 is 0 Å². The highest BCUT2D eigenvalue weighted by Crippen LogP contribution is 2.10. The highest BCUT2D eigenvalue weighted by Gasteiger charge is 2.05. The molecule has 0 atom stereocenters. The molecule has 0 aliphatic heterocycles. The lowest BCUT2D eigenvalue weighted by Crippen LogP contribution is -2.30. The van der Waals surface area contributed by atoms with Crippen LogP contribution in [0.2, 0.25) is 0 Å². The summed E-state index contributed by atoms with van der Waals surface area (Å²) in [6.45, 7) is 1.94. The van der Waals surface area contributed by atoms with E-state index < -0.39 is 0 Å². The predicted octanol–water partition coefficient (Wildman–Crippen LogP) is 2.64. The van der Waals surface area contributed by atoms with Crippen molar-refractivity contribution in [2.24, 2.45) is 0 Å². The van der Waals surface area contributed by atoms with Crippen molar-refractivity contribution in [2.45, 2.75) is 19.5 Å². The first-order valence-corrected chi connectivity index (χ1v) is 8.41. The Kier molecular flexibility index (Phi) is 5.73. The lowest BCUT2D eigenvalue weighted by molar-refractivity contribution is 0.574. The molecule has 3 rings (SSSR count). The van der Waals surface area contributed by atoms with E-state index in [-0.39, 0.29) is 5.82 Å². The van der Waals surface area contributed by atoms with E-state index in [1.54, 1.807) is 35.3 Å². The Balaban J connectivity index is 1.43. The van der Waals surface area contributed by atoms with E-state index in [9.17, 15) is 4.39 Å². The summed E-state index contributed by atoms with van der Waals surface area (Å²) in [6.07, 6.45) is 6.39. The van der Waals surface area contributed by atoms with Gasteiger partial charge in [-0.25, -0.2) is 4.39 Å². The minimum absolute atomic E-state index is 0.234. The molecule has 2 aromatic heterocycles. The summed E-state index contributed by atoms with van der Waals surface area (Å²) in [5, 5.41) is 15.2. The largest absolute Gasteiger partial charge is 0.362 e. The van der Waals surface area contributed by atoms with Crippen LogP contribution in [-0.2, 0) is 13.1 Å². The molecule has 0 saturated heterocycles. The van der Waals surface area contributed by atoms with Gasteiger partial charge >= 0.3 is 0 Å². The third kappa shape index (κ3) is 5.12. The fourth-order valence-corrected chi connectivity index (χ4v) is 2.56. The first kappa shape index (κ1) is 17.1. The van der Waals surface area contributed by atoms with Gasteiger partial charge in [-0.1, -0.05) is 18.2 Å². The van der Waals surface area contributed by atoms with Crippen LogP contribution in [0.4, 0.5) is 10.2 Å². The summed E-state index contributed by atoms with van der Waals surface area (Å²) in [5.41, 5.74) is 0.594. The minimum Gasteiger partial charge on any atom is -0.362 e. The molecule has 8 heteroatoms. The number of aryl methyl sites for hydroxylation is 1. The van der Waals surface area contributed by atoms with Crippen molar-refractivity contribution in [3.8, 4) is 0 Å². The zero-order chi connectivity index (χ0) is 17.5. The molecule has 0 bridgehead atoms. The second kappa shape index (κ2) is 8.39. The molecule has 0 fully saturated rings. The first-order chi connectivity index (χ1) is 12.2. The molecule has 6 nitrogen and oxygen atoms in total. The van der Waals surface area contributed by atoms with Gasteiger partial charge in [0.15, 0.2) is 10.9 Å². The Morgan fingerprint density at radius 1 is 1.12 bits per heavy atom. The van der Waals surface area contributed by atoms with Gasteiger partial charge in [-0.15, -0.1) is 0 Å². The Hall–Kier alpha value is -2.74. The fraction of sp³-hybridized carbons (Fsp3) is 0.235. The number of aromatic nitrogens is 4. The molecular formula is C17H19FN6S. The molecule has 1 aromatic carbocycles. The first-order valence-electron chi connectivity index (χ1n) is 8.00. The van der Waals surface area contributed by atoms with Gasteiger partial charge < -0.3 is 10.6 Å². The minimum atomic E-state index is -0.234. The second-order valence-electron chi connectivity index (χ2n) is 5.49. The van der Waals surface area contributed by atoms with Gasteiger partial charge in [0.1, 0.15) is 5.82 Å². The van der Waals surface area contributed by atoms with Gasteiger partial charge in [0.25, 0.3) is 0 Å². The van der Waals surface area contributed by atoms with Crippen molar-refractivity contribution in [3.63, 3.8) is 0 Å². The zero-order valence-corrected chi connectivity index (χ0v) is 14.4. The number of rotatable bonds is 7.